The molecule has 1 unspecified atom stereocenters. The third-order valence-electron chi connectivity index (χ3n) is 3.43. The Labute approximate surface area is 115 Å². The van der Waals surface area contributed by atoms with Crippen molar-refractivity contribution < 1.29 is 0 Å². The molecular weight excluding hydrogens is 234 g/mol. The lowest BCUT2D eigenvalue weighted by molar-refractivity contribution is 0.338. The zero-order valence-corrected chi connectivity index (χ0v) is 12.3. The van der Waals surface area contributed by atoms with Crippen LogP contribution < -0.4 is 5.32 Å². The zero-order chi connectivity index (χ0) is 13.9. The summed E-state index contributed by atoms with van der Waals surface area (Å²) in [7, 11) is 2.02. The van der Waals surface area contributed by atoms with Gasteiger partial charge in [0.05, 0.1) is 11.0 Å². The number of hydrogen-bond donors (Lipinski definition) is 1. The molecule has 0 saturated heterocycles. The van der Waals surface area contributed by atoms with Gasteiger partial charge in [0, 0.05) is 18.4 Å². The van der Waals surface area contributed by atoms with E-state index in [-0.39, 0.29) is 0 Å². The standard InChI is InChI=1S/C16H23N3/c1-16(2,3)8-7-13(17-4)12-5-6-14-15(11-12)19-10-9-18-14/h5-6,9-11,13,17H,7-8H2,1-4H3. The van der Waals surface area contributed by atoms with Crippen LogP contribution in [0.15, 0.2) is 30.6 Å². The Kier molecular flexibility index (Phi) is 4.15. The van der Waals surface area contributed by atoms with Crippen molar-refractivity contribution in [3.63, 3.8) is 0 Å². The molecule has 19 heavy (non-hydrogen) atoms. The summed E-state index contributed by atoms with van der Waals surface area (Å²) in [6.45, 7) is 6.85. The third-order valence-corrected chi connectivity index (χ3v) is 3.43. The third kappa shape index (κ3) is 3.74. The van der Waals surface area contributed by atoms with Crippen LogP contribution in [-0.4, -0.2) is 17.0 Å². The first kappa shape index (κ1) is 13.9. The van der Waals surface area contributed by atoms with E-state index in [2.05, 4.69) is 54.3 Å². The lowest BCUT2D eigenvalue weighted by atomic mass is 9.87. The molecular formula is C16H23N3. The Morgan fingerprint density at radius 2 is 1.79 bits per heavy atom. The highest BCUT2D eigenvalue weighted by Crippen LogP contribution is 2.28. The van der Waals surface area contributed by atoms with Crippen LogP contribution in [0.5, 0.6) is 0 Å². The predicted octanol–water partition coefficient (Wildman–Crippen LogP) is 3.72. The largest absolute Gasteiger partial charge is 0.313 e. The van der Waals surface area contributed by atoms with Crippen LogP contribution in [-0.2, 0) is 0 Å². The Morgan fingerprint density at radius 3 is 2.42 bits per heavy atom. The number of rotatable bonds is 4. The summed E-state index contributed by atoms with van der Waals surface area (Å²) in [6, 6.07) is 6.73. The van der Waals surface area contributed by atoms with Gasteiger partial charge in [-0.3, -0.25) is 9.97 Å². The summed E-state index contributed by atoms with van der Waals surface area (Å²) in [4.78, 5) is 8.69. The minimum Gasteiger partial charge on any atom is -0.313 e. The summed E-state index contributed by atoms with van der Waals surface area (Å²) < 4.78 is 0. The van der Waals surface area contributed by atoms with Gasteiger partial charge in [0.1, 0.15) is 0 Å². The van der Waals surface area contributed by atoms with Crippen molar-refractivity contribution in [1.82, 2.24) is 15.3 Å². The molecule has 0 fully saturated rings. The van der Waals surface area contributed by atoms with Gasteiger partial charge in [-0.1, -0.05) is 26.8 Å². The van der Waals surface area contributed by atoms with E-state index in [1.165, 1.54) is 12.0 Å². The molecule has 102 valence electrons. The van der Waals surface area contributed by atoms with Gasteiger partial charge >= 0.3 is 0 Å². The van der Waals surface area contributed by atoms with Gasteiger partial charge < -0.3 is 5.32 Å². The van der Waals surface area contributed by atoms with Crippen molar-refractivity contribution in [1.29, 1.82) is 0 Å². The van der Waals surface area contributed by atoms with Gasteiger partial charge in [-0.25, -0.2) is 0 Å². The van der Waals surface area contributed by atoms with E-state index in [4.69, 9.17) is 0 Å². The van der Waals surface area contributed by atoms with Crippen LogP contribution >= 0.6 is 0 Å². The fraction of sp³-hybridized carbons (Fsp3) is 0.500. The van der Waals surface area contributed by atoms with Gasteiger partial charge in [0.25, 0.3) is 0 Å². The maximum absolute atomic E-state index is 4.38. The molecule has 0 aliphatic carbocycles. The Morgan fingerprint density at radius 1 is 1.11 bits per heavy atom. The summed E-state index contributed by atoms with van der Waals surface area (Å²) >= 11 is 0. The molecule has 0 amide bonds. The summed E-state index contributed by atoms with van der Waals surface area (Å²) in [5.74, 6) is 0. The first-order chi connectivity index (χ1) is 8.99. The molecule has 1 atom stereocenters. The Bertz CT molecular complexity index is 543. The van der Waals surface area contributed by atoms with Crippen molar-refractivity contribution in [3.05, 3.63) is 36.2 Å². The van der Waals surface area contributed by atoms with E-state index in [9.17, 15) is 0 Å². The van der Waals surface area contributed by atoms with E-state index in [1.54, 1.807) is 12.4 Å². The second-order valence-electron chi connectivity index (χ2n) is 6.25. The monoisotopic (exact) mass is 257 g/mol. The van der Waals surface area contributed by atoms with Crippen molar-refractivity contribution in [2.24, 2.45) is 5.41 Å². The molecule has 0 aliphatic rings. The fourth-order valence-corrected chi connectivity index (χ4v) is 2.25. The molecule has 2 rings (SSSR count). The predicted molar refractivity (Wildman–Crippen MR) is 80.0 cm³/mol. The number of hydrogen-bond acceptors (Lipinski definition) is 3. The topological polar surface area (TPSA) is 37.8 Å². The maximum Gasteiger partial charge on any atom is 0.0890 e. The zero-order valence-electron chi connectivity index (χ0n) is 12.3. The van der Waals surface area contributed by atoms with E-state index in [1.807, 2.05) is 7.05 Å². The smallest absolute Gasteiger partial charge is 0.0890 e. The highest BCUT2D eigenvalue weighted by molar-refractivity contribution is 5.74. The SMILES string of the molecule is CNC(CCC(C)(C)C)c1ccc2nccnc2c1. The molecule has 0 radical (unpaired) electrons. The molecule has 1 aromatic heterocycles. The first-order valence-corrected chi connectivity index (χ1v) is 6.87. The van der Waals surface area contributed by atoms with Crippen LogP contribution in [0.4, 0.5) is 0 Å². The molecule has 3 nitrogen and oxygen atoms in total. The van der Waals surface area contributed by atoms with Gasteiger partial charge in [-0.05, 0) is 43.0 Å². The van der Waals surface area contributed by atoms with Crippen LogP contribution in [0.3, 0.4) is 0 Å². The van der Waals surface area contributed by atoms with Gasteiger partial charge in [0.15, 0.2) is 0 Å². The van der Waals surface area contributed by atoms with E-state index in [0.29, 0.717) is 11.5 Å². The first-order valence-electron chi connectivity index (χ1n) is 6.87. The van der Waals surface area contributed by atoms with Gasteiger partial charge in [-0.15, -0.1) is 0 Å². The lowest BCUT2D eigenvalue weighted by Crippen LogP contribution is -2.19. The summed E-state index contributed by atoms with van der Waals surface area (Å²) in [6.07, 6.45) is 5.80. The maximum atomic E-state index is 4.38. The van der Waals surface area contributed by atoms with Crippen molar-refractivity contribution in [3.8, 4) is 0 Å². The number of nitrogens with one attached hydrogen (secondary N) is 1. The summed E-state index contributed by atoms with van der Waals surface area (Å²) in [5, 5.41) is 3.41. The molecule has 0 spiro atoms. The molecule has 0 aliphatic heterocycles. The van der Waals surface area contributed by atoms with E-state index >= 15 is 0 Å². The van der Waals surface area contributed by atoms with E-state index < -0.39 is 0 Å². The quantitative estimate of drug-likeness (QED) is 0.907. The summed E-state index contributed by atoms with van der Waals surface area (Å²) in [5.41, 5.74) is 3.58. The minimum atomic E-state index is 0.367. The Balaban J connectivity index is 2.20. The highest BCUT2D eigenvalue weighted by Gasteiger charge is 2.16. The molecule has 1 aromatic carbocycles. The van der Waals surface area contributed by atoms with Crippen LogP contribution in [0.2, 0.25) is 0 Å². The van der Waals surface area contributed by atoms with Crippen molar-refractivity contribution in [2.75, 3.05) is 7.05 Å². The van der Waals surface area contributed by atoms with Crippen LogP contribution in [0, 0.1) is 5.41 Å². The molecule has 1 N–H and O–H groups in total. The minimum absolute atomic E-state index is 0.367. The molecule has 0 bridgehead atoms. The lowest BCUT2D eigenvalue weighted by Gasteiger charge is -2.23. The molecule has 0 saturated carbocycles. The number of nitrogens with zero attached hydrogens (tertiary/aromatic N) is 2. The molecule has 1 heterocycles. The second kappa shape index (κ2) is 5.66. The highest BCUT2D eigenvalue weighted by atomic mass is 14.9. The van der Waals surface area contributed by atoms with Crippen molar-refractivity contribution >= 4 is 11.0 Å². The number of benzene rings is 1. The van der Waals surface area contributed by atoms with Crippen LogP contribution in [0.1, 0.15) is 45.2 Å². The average molecular weight is 257 g/mol. The van der Waals surface area contributed by atoms with Gasteiger partial charge in [0.2, 0.25) is 0 Å². The average Bonchev–Trinajstić information content (AvgIpc) is 2.38. The molecule has 2 aromatic rings. The Hall–Kier alpha value is -1.48. The van der Waals surface area contributed by atoms with Gasteiger partial charge in [-0.2, -0.15) is 0 Å². The van der Waals surface area contributed by atoms with Crippen molar-refractivity contribution in [2.45, 2.75) is 39.7 Å². The van der Waals surface area contributed by atoms with Crippen LogP contribution in [0.25, 0.3) is 11.0 Å². The fourth-order valence-electron chi connectivity index (χ4n) is 2.25. The normalized spacial score (nSPS) is 13.7. The second-order valence-corrected chi connectivity index (χ2v) is 6.25. The number of fused-ring (bicyclic) bond motifs is 1. The number of aromatic nitrogens is 2. The molecule has 3 heteroatoms. The van der Waals surface area contributed by atoms with E-state index in [0.717, 1.165) is 17.5 Å².